The van der Waals surface area contributed by atoms with Crippen LogP contribution >= 0.6 is 0 Å². The monoisotopic (exact) mass is 832 g/mol. The Bertz CT molecular complexity index is 2250. The second-order valence-electron chi connectivity index (χ2n) is 17.0. The van der Waals surface area contributed by atoms with Gasteiger partial charge in [0.05, 0.1) is 23.4 Å². The average molecular weight is 833 g/mol. The third-order valence-electron chi connectivity index (χ3n) is 13.1. The van der Waals surface area contributed by atoms with Crippen LogP contribution in [0.3, 0.4) is 0 Å². The quantitative estimate of drug-likeness (QED) is 0.251. The molecule has 3 atom stereocenters. The van der Waals surface area contributed by atoms with Crippen LogP contribution in [-0.4, -0.2) is 156 Å². The zero-order valence-corrected chi connectivity index (χ0v) is 34.4. The number of primary amides is 1. The van der Waals surface area contributed by atoms with Gasteiger partial charge in [0.15, 0.2) is 11.5 Å². The predicted octanol–water partition coefficient (Wildman–Crippen LogP) is 2.10. The SMILES string of the molecule is CN1CCN([C@@H]2CCCN(c3cnc(C(N)=O)c(Nc4ccc(N5CCN(CC6CCCN(c7ccc8c(c7)C(=O)N(C7CCC(=O)NC7=O)C8=O)C6)CC5)cc4)n3)C2)C1=O. The summed E-state index contributed by atoms with van der Waals surface area (Å²) in [5.74, 6) is -1.29. The molecule has 5 fully saturated rings. The maximum atomic E-state index is 13.4. The summed E-state index contributed by atoms with van der Waals surface area (Å²) in [7, 11) is 1.83. The molecule has 0 spiro atoms. The standard InChI is InChI=1S/C43H52N12O6/c1-49-16-21-54(43(49)61)31-5-3-15-53(26-31)35-23-45-37(38(44)57)39(47-35)46-28-6-8-29(9-7-28)51-19-17-50(18-20-51)24-27-4-2-14-52(25-27)30-10-11-32-33(22-30)42(60)55(41(32)59)34-12-13-36(56)48-40(34)58/h6-11,22-23,27,31,34H,2-5,12-21,24-26H2,1H3,(H2,44,57)(H,46,47)(H,48,56,58)/t27?,31-,34?/m1/s1. The third-order valence-corrected chi connectivity index (χ3v) is 13.1. The Hall–Kier alpha value is -6.30. The molecule has 3 aromatic rings. The molecule has 0 radical (unpaired) electrons. The molecule has 0 bridgehead atoms. The van der Waals surface area contributed by atoms with Gasteiger partial charge in [0.25, 0.3) is 17.7 Å². The molecule has 18 nitrogen and oxygen atoms in total. The highest BCUT2D eigenvalue weighted by atomic mass is 16.2. The molecule has 2 unspecified atom stereocenters. The number of carbonyl (C=O) groups is 6. The first-order chi connectivity index (χ1) is 29.5. The predicted molar refractivity (Wildman–Crippen MR) is 227 cm³/mol. The molecule has 5 saturated heterocycles. The van der Waals surface area contributed by atoms with E-state index in [1.165, 1.54) is 0 Å². The van der Waals surface area contributed by atoms with Gasteiger partial charge in [-0.1, -0.05) is 0 Å². The number of carbonyl (C=O) groups excluding carboxylic acids is 6. The Balaban J connectivity index is 0.781. The largest absolute Gasteiger partial charge is 0.371 e. The molecule has 7 amide bonds. The van der Waals surface area contributed by atoms with Crippen LogP contribution in [0, 0.1) is 5.92 Å². The summed E-state index contributed by atoms with van der Waals surface area (Å²) in [4.78, 5) is 99.1. The van der Waals surface area contributed by atoms with Crippen molar-refractivity contribution in [1.29, 1.82) is 0 Å². The maximum absolute atomic E-state index is 13.4. The number of piperazine rings is 1. The lowest BCUT2D eigenvalue weighted by Crippen LogP contribution is -2.54. The number of amides is 7. The number of piperidine rings is 3. The summed E-state index contributed by atoms with van der Waals surface area (Å²) >= 11 is 0. The van der Waals surface area contributed by atoms with Crippen LogP contribution in [-0.2, 0) is 9.59 Å². The topological polar surface area (TPSA) is 201 Å². The van der Waals surface area contributed by atoms with E-state index in [0.29, 0.717) is 41.8 Å². The molecule has 9 rings (SSSR count). The summed E-state index contributed by atoms with van der Waals surface area (Å²) in [6.45, 7) is 9.12. The lowest BCUT2D eigenvalue weighted by molar-refractivity contribution is -0.136. The summed E-state index contributed by atoms with van der Waals surface area (Å²) in [5, 5.41) is 5.54. The summed E-state index contributed by atoms with van der Waals surface area (Å²) in [6.07, 6.45) is 5.77. The molecule has 6 aliphatic rings. The van der Waals surface area contributed by atoms with Crippen LogP contribution in [0.2, 0.25) is 0 Å². The number of imide groups is 2. The lowest BCUT2D eigenvalue weighted by atomic mass is 9.96. The molecule has 0 aliphatic carbocycles. The number of nitrogens with one attached hydrogen (secondary N) is 2. The minimum atomic E-state index is -0.982. The van der Waals surface area contributed by atoms with Crippen molar-refractivity contribution in [1.82, 2.24) is 34.9 Å². The van der Waals surface area contributed by atoms with Crippen LogP contribution in [0.5, 0.6) is 0 Å². The van der Waals surface area contributed by atoms with Crippen molar-refractivity contribution in [3.63, 3.8) is 0 Å². The molecule has 0 saturated carbocycles. The van der Waals surface area contributed by atoms with Crippen LogP contribution in [0.25, 0.3) is 0 Å². The van der Waals surface area contributed by atoms with Crippen LogP contribution in [0.1, 0.15) is 69.7 Å². The van der Waals surface area contributed by atoms with Gasteiger partial charge in [-0.2, -0.15) is 0 Å². The second kappa shape index (κ2) is 16.6. The van der Waals surface area contributed by atoms with Gasteiger partial charge >= 0.3 is 6.03 Å². The van der Waals surface area contributed by atoms with Crippen molar-refractivity contribution < 1.29 is 28.8 Å². The minimum Gasteiger partial charge on any atom is -0.371 e. The molecule has 1 aromatic heterocycles. The van der Waals surface area contributed by atoms with E-state index in [1.54, 1.807) is 23.2 Å². The Kier molecular flexibility index (Phi) is 10.9. The van der Waals surface area contributed by atoms with E-state index in [1.807, 2.05) is 30.1 Å². The molecule has 6 aliphatic heterocycles. The summed E-state index contributed by atoms with van der Waals surface area (Å²) in [6, 6.07) is 12.6. The number of benzene rings is 2. The fourth-order valence-corrected chi connectivity index (χ4v) is 9.77. The second-order valence-corrected chi connectivity index (χ2v) is 17.0. The summed E-state index contributed by atoms with van der Waals surface area (Å²) in [5.41, 5.74) is 9.13. The Morgan fingerprint density at radius 3 is 2.28 bits per heavy atom. The van der Waals surface area contributed by atoms with Crippen molar-refractivity contribution in [2.75, 3.05) is 99.1 Å². The fraction of sp³-hybridized carbons (Fsp3) is 0.488. The molecule has 18 heteroatoms. The summed E-state index contributed by atoms with van der Waals surface area (Å²) < 4.78 is 0. The zero-order valence-electron chi connectivity index (χ0n) is 34.4. The number of nitrogens with zero attached hydrogens (tertiary/aromatic N) is 9. The van der Waals surface area contributed by atoms with Gasteiger partial charge in [-0.05, 0) is 80.5 Å². The number of fused-ring (bicyclic) bond motifs is 1. The van der Waals surface area contributed by atoms with E-state index >= 15 is 0 Å². The van der Waals surface area contributed by atoms with Crippen LogP contribution in [0.4, 0.5) is 33.5 Å². The normalized spacial score (nSPS) is 23.8. The van der Waals surface area contributed by atoms with Crippen molar-refractivity contribution >= 4 is 64.3 Å². The van der Waals surface area contributed by atoms with Gasteiger partial charge in [0.2, 0.25) is 11.8 Å². The molecular formula is C43H52N12O6. The number of likely N-dealkylation sites (N-methyl/N-ethyl adjacent to an activating group) is 1. The van der Waals surface area contributed by atoms with Crippen molar-refractivity contribution in [2.24, 2.45) is 11.7 Å². The van der Waals surface area contributed by atoms with Crippen LogP contribution < -0.4 is 31.1 Å². The first-order valence-corrected chi connectivity index (χ1v) is 21.4. The molecule has 320 valence electrons. The van der Waals surface area contributed by atoms with Gasteiger partial charge in [0, 0.05) is 103 Å². The number of rotatable bonds is 10. The number of aromatic nitrogens is 2. The van der Waals surface area contributed by atoms with E-state index in [2.05, 4.69) is 47.3 Å². The molecular weight excluding hydrogens is 781 g/mol. The number of anilines is 5. The Labute approximate surface area is 354 Å². The molecule has 61 heavy (non-hydrogen) atoms. The average Bonchev–Trinajstić information content (AvgIpc) is 3.73. The van der Waals surface area contributed by atoms with E-state index in [0.717, 1.165) is 107 Å². The number of hydrogen-bond donors (Lipinski definition) is 3. The van der Waals surface area contributed by atoms with E-state index in [-0.39, 0.29) is 30.6 Å². The Morgan fingerprint density at radius 1 is 0.803 bits per heavy atom. The zero-order chi connectivity index (χ0) is 42.4. The van der Waals surface area contributed by atoms with Crippen molar-refractivity contribution in [3.05, 3.63) is 65.5 Å². The van der Waals surface area contributed by atoms with E-state index in [4.69, 9.17) is 10.7 Å². The Morgan fingerprint density at radius 2 is 1.54 bits per heavy atom. The van der Waals surface area contributed by atoms with Crippen molar-refractivity contribution in [3.8, 4) is 0 Å². The van der Waals surface area contributed by atoms with Gasteiger partial charge in [-0.25, -0.2) is 14.8 Å². The number of urea groups is 1. The number of nitrogens with two attached hydrogens (primary N) is 1. The smallest absolute Gasteiger partial charge is 0.320 e. The highest BCUT2D eigenvalue weighted by Crippen LogP contribution is 2.33. The van der Waals surface area contributed by atoms with Gasteiger partial charge in [-0.15, -0.1) is 0 Å². The molecule has 2 aromatic carbocycles. The highest BCUT2D eigenvalue weighted by Gasteiger charge is 2.45. The first kappa shape index (κ1) is 40.1. The number of hydrogen-bond acceptors (Lipinski definition) is 13. The van der Waals surface area contributed by atoms with Gasteiger partial charge in [0.1, 0.15) is 11.9 Å². The van der Waals surface area contributed by atoms with E-state index in [9.17, 15) is 28.8 Å². The fourth-order valence-electron chi connectivity index (χ4n) is 9.77. The van der Waals surface area contributed by atoms with Crippen molar-refractivity contribution in [2.45, 2.75) is 50.6 Å². The third kappa shape index (κ3) is 8.03. The van der Waals surface area contributed by atoms with E-state index < -0.39 is 35.6 Å². The highest BCUT2D eigenvalue weighted by molar-refractivity contribution is 6.23. The first-order valence-electron chi connectivity index (χ1n) is 21.4. The lowest BCUT2D eigenvalue weighted by Gasteiger charge is -2.40. The maximum Gasteiger partial charge on any atom is 0.320 e. The molecule has 4 N–H and O–H groups in total. The van der Waals surface area contributed by atoms with Gasteiger partial charge in [-0.3, -0.25) is 39.1 Å². The van der Waals surface area contributed by atoms with Crippen LogP contribution in [0.15, 0.2) is 48.7 Å². The van der Waals surface area contributed by atoms with Gasteiger partial charge < -0.3 is 35.6 Å². The minimum absolute atomic E-state index is 0.0565. The molecule has 7 heterocycles.